The van der Waals surface area contributed by atoms with Gasteiger partial charge in [-0.1, -0.05) is 42.5 Å². The summed E-state index contributed by atoms with van der Waals surface area (Å²) in [5.41, 5.74) is 1.23. The monoisotopic (exact) mass is 352 g/mol. The molecule has 2 aromatic carbocycles. The van der Waals surface area contributed by atoms with Crippen LogP contribution in [0, 0.1) is 0 Å². The lowest BCUT2D eigenvalue weighted by Crippen LogP contribution is -2.47. The fraction of sp³-hybridized carbons (Fsp3) is 0.158. The van der Waals surface area contributed by atoms with Gasteiger partial charge in [-0.15, -0.1) is 0 Å². The Bertz CT molecular complexity index is 844. The molecule has 0 radical (unpaired) electrons. The van der Waals surface area contributed by atoms with Gasteiger partial charge in [-0.25, -0.2) is 4.79 Å². The fourth-order valence-electron chi connectivity index (χ4n) is 2.82. The molecule has 0 bridgehead atoms. The number of hydrogen-bond donors (Lipinski definition) is 2. The van der Waals surface area contributed by atoms with Crippen molar-refractivity contribution in [2.24, 2.45) is 0 Å². The van der Waals surface area contributed by atoms with E-state index in [2.05, 4.69) is 5.32 Å². The number of hydrogen-bond acceptors (Lipinski definition) is 4. The zero-order valence-corrected chi connectivity index (χ0v) is 13.7. The smallest absolute Gasteiger partial charge is 0.326 e. The van der Waals surface area contributed by atoms with E-state index in [0.29, 0.717) is 0 Å². The Balaban J connectivity index is 1.67. The molecule has 7 heteroatoms. The Hall–Kier alpha value is -3.48. The number of fused-ring (bicyclic) bond motifs is 1. The van der Waals surface area contributed by atoms with Crippen LogP contribution in [0.25, 0.3) is 0 Å². The first-order chi connectivity index (χ1) is 12.5. The molecule has 3 amide bonds. The summed E-state index contributed by atoms with van der Waals surface area (Å²) in [7, 11) is 0. The van der Waals surface area contributed by atoms with E-state index in [4.69, 9.17) is 0 Å². The lowest BCUT2D eigenvalue weighted by molar-refractivity contribution is -0.141. The van der Waals surface area contributed by atoms with E-state index in [1.807, 2.05) is 0 Å². The summed E-state index contributed by atoms with van der Waals surface area (Å²) < 4.78 is 0. The summed E-state index contributed by atoms with van der Waals surface area (Å²) in [5, 5.41) is 11.7. The van der Waals surface area contributed by atoms with Gasteiger partial charge in [-0.2, -0.15) is 0 Å². The minimum atomic E-state index is -1.19. The highest BCUT2D eigenvalue weighted by Gasteiger charge is 2.36. The van der Waals surface area contributed by atoms with Gasteiger partial charge in [-0.3, -0.25) is 19.3 Å². The second-order valence-electron chi connectivity index (χ2n) is 5.89. The molecule has 1 heterocycles. The number of amides is 3. The predicted octanol–water partition coefficient (Wildman–Crippen LogP) is 1.09. The molecule has 0 spiro atoms. The molecule has 1 aliphatic rings. The topological polar surface area (TPSA) is 104 Å². The number of rotatable bonds is 6. The average molecular weight is 352 g/mol. The van der Waals surface area contributed by atoms with Crippen LogP contribution in [0.3, 0.4) is 0 Å². The van der Waals surface area contributed by atoms with Crippen molar-refractivity contribution in [2.45, 2.75) is 12.5 Å². The molecule has 2 aromatic rings. The summed E-state index contributed by atoms with van der Waals surface area (Å²) in [6, 6.07) is 14.0. The van der Waals surface area contributed by atoms with Gasteiger partial charge in [0.2, 0.25) is 5.91 Å². The molecule has 0 saturated heterocycles. The van der Waals surface area contributed by atoms with Crippen molar-refractivity contribution in [2.75, 3.05) is 6.54 Å². The lowest BCUT2D eigenvalue weighted by Gasteiger charge is -2.18. The van der Waals surface area contributed by atoms with Crippen molar-refractivity contribution in [3.63, 3.8) is 0 Å². The van der Waals surface area contributed by atoms with Gasteiger partial charge < -0.3 is 10.4 Å². The summed E-state index contributed by atoms with van der Waals surface area (Å²) in [4.78, 5) is 49.0. The van der Waals surface area contributed by atoms with Crippen LogP contribution in [-0.2, 0) is 16.0 Å². The Kier molecular flexibility index (Phi) is 4.79. The number of aliphatic carboxylic acids is 1. The summed E-state index contributed by atoms with van der Waals surface area (Å²) >= 11 is 0. The van der Waals surface area contributed by atoms with E-state index in [-0.39, 0.29) is 17.5 Å². The minimum Gasteiger partial charge on any atom is -0.480 e. The Morgan fingerprint density at radius 2 is 1.46 bits per heavy atom. The van der Waals surface area contributed by atoms with Crippen molar-refractivity contribution in [1.82, 2.24) is 10.2 Å². The van der Waals surface area contributed by atoms with E-state index in [0.717, 1.165) is 10.5 Å². The first-order valence-electron chi connectivity index (χ1n) is 7.98. The molecule has 26 heavy (non-hydrogen) atoms. The van der Waals surface area contributed by atoms with E-state index >= 15 is 0 Å². The molecular formula is C19H16N2O5. The van der Waals surface area contributed by atoms with E-state index in [1.54, 1.807) is 42.5 Å². The number of carboxylic acid groups (broad SMARTS) is 1. The quantitative estimate of drug-likeness (QED) is 0.758. The Labute approximate surface area is 149 Å². The molecule has 0 saturated carbocycles. The maximum Gasteiger partial charge on any atom is 0.326 e. The van der Waals surface area contributed by atoms with Crippen LogP contribution in [0.15, 0.2) is 54.6 Å². The molecule has 0 unspecified atom stereocenters. The maximum atomic E-state index is 12.3. The van der Waals surface area contributed by atoms with E-state index in [1.165, 1.54) is 12.1 Å². The van der Waals surface area contributed by atoms with Gasteiger partial charge in [0.25, 0.3) is 11.8 Å². The highest BCUT2D eigenvalue weighted by atomic mass is 16.4. The number of nitrogens with zero attached hydrogens (tertiary/aromatic N) is 1. The zero-order valence-electron chi connectivity index (χ0n) is 13.7. The normalized spacial score (nSPS) is 14.1. The first kappa shape index (κ1) is 17.3. The van der Waals surface area contributed by atoms with Gasteiger partial charge in [-0.05, 0) is 17.7 Å². The van der Waals surface area contributed by atoms with Crippen LogP contribution in [0.5, 0.6) is 0 Å². The van der Waals surface area contributed by atoms with Crippen LogP contribution < -0.4 is 5.32 Å². The molecule has 0 fully saturated rings. The molecule has 7 nitrogen and oxygen atoms in total. The zero-order chi connectivity index (χ0) is 18.7. The van der Waals surface area contributed by atoms with Gasteiger partial charge in [0.05, 0.1) is 11.1 Å². The van der Waals surface area contributed by atoms with Gasteiger partial charge >= 0.3 is 5.97 Å². The standard InChI is InChI=1S/C19H16N2O5/c22-16(20-15(19(25)26)10-12-6-2-1-3-7-12)11-21-17(23)13-8-4-5-9-14(13)18(21)24/h1-9,15H,10-11H2,(H,20,22)(H,25,26)/t15-/m1/s1. The van der Waals surface area contributed by atoms with Crippen molar-refractivity contribution in [3.05, 3.63) is 71.3 Å². The number of carboxylic acids is 1. The van der Waals surface area contributed by atoms with Crippen LogP contribution in [0.4, 0.5) is 0 Å². The highest BCUT2D eigenvalue weighted by Crippen LogP contribution is 2.21. The average Bonchev–Trinajstić information content (AvgIpc) is 2.87. The van der Waals surface area contributed by atoms with Crippen molar-refractivity contribution < 1.29 is 24.3 Å². The number of nitrogens with one attached hydrogen (secondary N) is 1. The second kappa shape index (κ2) is 7.18. The second-order valence-corrected chi connectivity index (χ2v) is 5.89. The largest absolute Gasteiger partial charge is 0.480 e. The number of carbonyl (C=O) groups is 4. The van der Waals surface area contributed by atoms with Crippen LogP contribution in [0.1, 0.15) is 26.3 Å². The van der Waals surface area contributed by atoms with Crippen molar-refractivity contribution >= 4 is 23.7 Å². The van der Waals surface area contributed by atoms with Crippen LogP contribution >= 0.6 is 0 Å². The minimum absolute atomic E-state index is 0.101. The molecule has 3 rings (SSSR count). The maximum absolute atomic E-state index is 12.3. The molecule has 1 atom stereocenters. The Morgan fingerprint density at radius 1 is 0.923 bits per heavy atom. The number of benzene rings is 2. The molecule has 0 aliphatic carbocycles. The SMILES string of the molecule is O=C(CN1C(=O)c2ccccc2C1=O)N[C@H](Cc1ccccc1)C(=O)O. The third-order valence-electron chi connectivity index (χ3n) is 4.10. The molecule has 0 aromatic heterocycles. The molecule has 1 aliphatic heterocycles. The Morgan fingerprint density at radius 3 is 2.00 bits per heavy atom. The van der Waals surface area contributed by atoms with Gasteiger partial charge in [0, 0.05) is 6.42 Å². The third kappa shape index (κ3) is 3.46. The molecule has 132 valence electrons. The van der Waals surface area contributed by atoms with Crippen molar-refractivity contribution in [1.29, 1.82) is 0 Å². The van der Waals surface area contributed by atoms with E-state index in [9.17, 15) is 24.3 Å². The summed E-state index contributed by atoms with van der Waals surface area (Å²) in [6.45, 7) is -0.523. The van der Waals surface area contributed by atoms with Crippen LogP contribution in [0.2, 0.25) is 0 Å². The van der Waals surface area contributed by atoms with Gasteiger partial charge in [0.1, 0.15) is 12.6 Å². The summed E-state index contributed by atoms with van der Waals surface area (Å²) in [5.74, 6) is -3.02. The molecular weight excluding hydrogens is 336 g/mol. The molecule has 2 N–H and O–H groups in total. The van der Waals surface area contributed by atoms with E-state index < -0.39 is 36.3 Å². The van der Waals surface area contributed by atoms with Crippen LogP contribution in [-0.4, -0.2) is 46.3 Å². The highest BCUT2D eigenvalue weighted by molar-refractivity contribution is 6.22. The number of imide groups is 1. The first-order valence-corrected chi connectivity index (χ1v) is 7.98. The van der Waals surface area contributed by atoms with Gasteiger partial charge in [0.15, 0.2) is 0 Å². The third-order valence-corrected chi connectivity index (χ3v) is 4.10. The predicted molar refractivity (Wildman–Crippen MR) is 91.5 cm³/mol. The lowest BCUT2D eigenvalue weighted by atomic mass is 10.1. The number of carbonyl (C=O) groups excluding carboxylic acids is 3. The summed E-state index contributed by atoms with van der Waals surface area (Å²) in [6.07, 6.45) is 0.101. The fourth-order valence-corrected chi connectivity index (χ4v) is 2.82. The van der Waals surface area contributed by atoms with Crippen molar-refractivity contribution in [3.8, 4) is 0 Å².